The maximum atomic E-state index is 12.3. The summed E-state index contributed by atoms with van der Waals surface area (Å²) in [6.45, 7) is 0. The molecule has 0 aliphatic carbocycles. The van der Waals surface area contributed by atoms with E-state index < -0.39 is 5.54 Å². The van der Waals surface area contributed by atoms with Gasteiger partial charge in [0.15, 0.2) is 0 Å². The van der Waals surface area contributed by atoms with Gasteiger partial charge in [0.25, 0.3) is 0 Å². The second-order valence-electron chi connectivity index (χ2n) is 6.16. The number of piperidine rings is 1. The molecule has 2 fully saturated rings. The first kappa shape index (κ1) is 15.0. The molecule has 0 amide bonds. The Kier molecular flexibility index (Phi) is 3.91. The molecule has 0 saturated carbocycles. The van der Waals surface area contributed by atoms with Gasteiger partial charge in [-0.2, -0.15) is 0 Å². The monoisotopic (exact) mass is 303 g/mol. The van der Waals surface area contributed by atoms with E-state index in [0.717, 1.165) is 19.3 Å². The van der Waals surface area contributed by atoms with Gasteiger partial charge in [0, 0.05) is 18.9 Å². The molecule has 0 aromatic heterocycles. The van der Waals surface area contributed by atoms with E-state index in [1.165, 1.54) is 7.11 Å². The zero-order valence-corrected chi connectivity index (χ0v) is 13.0. The van der Waals surface area contributed by atoms with Crippen molar-refractivity contribution in [2.75, 3.05) is 14.2 Å². The summed E-state index contributed by atoms with van der Waals surface area (Å²) in [5.41, 5.74) is -0.0971. The summed E-state index contributed by atoms with van der Waals surface area (Å²) in [4.78, 5) is 26.6. The highest BCUT2D eigenvalue weighted by Crippen LogP contribution is 2.44. The lowest BCUT2D eigenvalue weighted by molar-refractivity contribution is -0.158. The van der Waals surface area contributed by atoms with Crippen LogP contribution >= 0.6 is 0 Å². The Morgan fingerprint density at radius 1 is 1.27 bits per heavy atom. The first-order valence-electron chi connectivity index (χ1n) is 7.64. The Morgan fingerprint density at radius 3 is 2.68 bits per heavy atom. The van der Waals surface area contributed by atoms with Gasteiger partial charge in [0.05, 0.1) is 12.7 Å². The van der Waals surface area contributed by atoms with E-state index in [9.17, 15) is 9.59 Å². The summed E-state index contributed by atoms with van der Waals surface area (Å²) in [5, 5.41) is 0. The van der Waals surface area contributed by atoms with Crippen LogP contribution in [0, 0.1) is 0 Å². The SMILES string of the molecule is COC(=O)[C@@]12CC[C@@H](C[C@H](OC(=O)c3ccccc3)C1)N2C. The Labute approximate surface area is 130 Å². The van der Waals surface area contributed by atoms with Crippen molar-refractivity contribution in [1.82, 2.24) is 4.90 Å². The lowest BCUT2D eigenvalue weighted by Crippen LogP contribution is -2.57. The predicted octanol–water partition coefficient (Wildman–Crippen LogP) is 2.01. The fourth-order valence-corrected chi connectivity index (χ4v) is 3.81. The van der Waals surface area contributed by atoms with E-state index in [0.29, 0.717) is 12.0 Å². The van der Waals surface area contributed by atoms with Crippen molar-refractivity contribution >= 4 is 11.9 Å². The molecule has 0 radical (unpaired) electrons. The van der Waals surface area contributed by atoms with Crippen LogP contribution < -0.4 is 0 Å². The van der Waals surface area contributed by atoms with Crippen molar-refractivity contribution in [3.63, 3.8) is 0 Å². The average molecular weight is 303 g/mol. The van der Waals surface area contributed by atoms with E-state index in [-0.39, 0.29) is 24.1 Å². The van der Waals surface area contributed by atoms with Crippen LogP contribution in [-0.2, 0) is 14.3 Å². The van der Waals surface area contributed by atoms with Crippen molar-refractivity contribution in [1.29, 1.82) is 0 Å². The second kappa shape index (κ2) is 5.72. The van der Waals surface area contributed by atoms with Gasteiger partial charge in [-0.1, -0.05) is 18.2 Å². The number of nitrogens with zero attached hydrogens (tertiary/aromatic N) is 1. The van der Waals surface area contributed by atoms with E-state index in [1.807, 2.05) is 25.2 Å². The highest BCUT2D eigenvalue weighted by atomic mass is 16.5. The lowest BCUT2D eigenvalue weighted by atomic mass is 9.87. The van der Waals surface area contributed by atoms with Crippen LogP contribution in [-0.4, -0.2) is 48.7 Å². The van der Waals surface area contributed by atoms with Crippen LogP contribution in [0.3, 0.4) is 0 Å². The number of carbonyl (C=O) groups excluding carboxylic acids is 2. The van der Waals surface area contributed by atoms with Gasteiger partial charge in [-0.25, -0.2) is 4.79 Å². The number of likely N-dealkylation sites (N-methyl/N-ethyl adjacent to an activating group) is 1. The van der Waals surface area contributed by atoms with Gasteiger partial charge in [0.2, 0.25) is 0 Å². The molecular formula is C17H21NO4. The lowest BCUT2D eigenvalue weighted by Gasteiger charge is -2.43. The van der Waals surface area contributed by atoms with Crippen molar-refractivity contribution < 1.29 is 19.1 Å². The number of carbonyl (C=O) groups is 2. The fourth-order valence-electron chi connectivity index (χ4n) is 3.81. The average Bonchev–Trinajstić information content (AvgIpc) is 2.74. The van der Waals surface area contributed by atoms with E-state index in [4.69, 9.17) is 9.47 Å². The summed E-state index contributed by atoms with van der Waals surface area (Å²) in [6.07, 6.45) is 2.74. The quantitative estimate of drug-likeness (QED) is 0.800. The molecular weight excluding hydrogens is 282 g/mol. The molecule has 2 heterocycles. The molecule has 1 aromatic rings. The number of ether oxygens (including phenoxy) is 2. The molecule has 5 heteroatoms. The number of methoxy groups -OCH3 is 1. The third-order valence-corrected chi connectivity index (χ3v) is 5.06. The minimum Gasteiger partial charge on any atom is -0.468 e. The predicted molar refractivity (Wildman–Crippen MR) is 80.4 cm³/mol. The molecule has 1 aromatic carbocycles. The highest BCUT2D eigenvalue weighted by molar-refractivity contribution is 5.89. The van der Waals surface area contributed by atoms with Gasteiger partial charge >= 0.3 is 11.9 Å². The Morgan fingerprint density at radius 2 is 2.00 bits per heavy atom. The molecule has 2 aliphatic rings. The summed E-state index contributed by atoms with van der Waals surface area (Å²) in [7, 11) is 3.38. The molecule has 0 spiro atoms. The largest absolute Gasteiger partial charge is 0.468 e. The maximum absolute atomic E-state index is 12.3. The normalized spacial score (nSPS) is 30.8. The molecule has 2 aliphatic heterocycles. The third-order valence-electron chi connectivity index (χ3n) is 5.06. The van der Waals surface area contributed by atoms with E-state index >= 15 is 0 Å². The molecule has 118 valence electrons. The van der Waals surface area contributed by atoms with Crippen molar-refractivity contribution in [3.05, 3.63) is 35.9 Å². The number of esters is 2. The molecule has 2 bridgehead atoms. The van der Waals surface area contributed by atoms with Crippen molar-refractivity contribution in [2.45, 2.75) is 43.4 Å². The molecule has 22 heavy (non-hydrogen) atoms. The molecule has 3 atom stereocenters. The maximum Gasteiger partial charge on any atom is 0.338 e. The summed E-state index contributed by atoms with van der Waals surface area (Å²) in [5.74, 6) is -0.549. The molecule has 3 rings (SSSR count). The summed E-state index contributed by atoms with van der Waals surface area (Å²) < 4.78 is 10.7. The number of benzene rings is 1. The fraction of sp³-hybridized carbons (Fsp3) is 0.529. The topological polar surface area (TPSA) is 55.8 Å². The molecule has 0 unspecified atom stereocenters. The van der Waals surface area contributed by atoms with Gasteiger partial charge in [-0.05, 0) is 32.0 Å². The smallest absolute Gasteiger partial charge is 0.338 e. The van der Waals surface area contributed by atoms with Gasteiger partial charge in [0.1, 0.15) is 11.6 Å². The van der Waals surface area contributed by atoms with Crippen LogP contribution in [0.5, 0.6) is 0 Å². The molecule has 2 saturated heterocycles. The van der Waals surface area contributed by atoms with Crippen LogP contribution in [0.15, 0.2) is 30.3 Å². The van der Waals surface area contributed by atoms with Crippen molar-refractivity contribution in [2.24, 2.45) is 0 Å². The number of hydrogen-bond donors (Lipinski definition) is 0. The third kappa shape index (κ3) is 2.39. The Hall–Kier alpha value is -1.88. The van der Waals surface area contributed by atoms with Gasteiger partial charge in [-0.15, -0.1) is 0 Å². The van der Waals surface area contributed by atoms with Crippen LogP contribution in [0.2, 0.25) is 0 Å². The number of hydrogen-bond acceptors (Lipinski definition) is 5. The molecule has 0 N–H and O–H groups in total. The minimum absolute atomic E-state index is 0.224. The second-order valence-corrected chi connectivity index (χ2v) is 6.16. The van der Waals surface area contributed by atoms with Crippen molar-refractivity contribution in [3.8, 4) is 0 Å². The minimum atomic E-state index is -0.640. The zero-order valence-electron chi connectivity index (χ0n) is 13.0. The van der Waals surface area contributed by atoms with Crippen LogP contribution in [0.25, 0.3) is 0 Å². The summed E-state index contributed by atoms with van der Waals surface area (Å²) in [6, 6.07) is 9.22. The Bertz CT molecular complexity index is 573. The van der Waals surface area contributed by atoms with E-state index in [2.05, 4.69) is 4.90 Å². The van der Waals surface area contributed by atoms with Crippen LogP contribution in [0.4, 0.5) is 0 Å². The first-order chi connectivity index (χ1) is 10.6. The number of rotatable bonds is 3. The summed E-state index contributed by atoms with van der Waals surface area (Å²) >= 11 is 0. The zero-order chi connectivity index (χ0) is 15.7. The van der Waals surface area contributed by atoms with E-state index in [1.54, 1.807) is 12.1 Å². The number of fused-ring (bicyclic) bond motifs is 2. The van der Waals surface area contributed by atoms with Gasteiger partial charge in [-0.3, -0.25) is 9.69 Å². The van der Waals surface area contributed by atoms with Gasteiger partial charge < -0.3 is 9.47 Å². The first-order valence-corrected chi connectivity index (χ1v) is 7.64. The molecule has 5 nitrogen and oxygen atoms in total. The standard InChI is InChI=1S/C17H21NO4/c1-18-13-8-9-17(18,16(20)21-2)11-14(10-13)22-15(19)12-6-4-3-5-7-12/h3-7,13-14H,8-11H2,1-2H3/t13-,14-,17+/m0/s1. The highest BCUT2D eigenvalue weighted by Gasteiger charge is 2.56. The van der Waals surface area contributed by atoms with Crippen LogP contribution in [0.1, 0.15) is 36.0 Å². The Balaban J connectivity index is 1.74.